The van der Waals surface area contributed by atoms with Crippen LogP contribution in [0.1, 0.15) is 18.9 Å². The average Bonchev–Trinajstić information content (AvgIpc) is 3.08. The summed E-state index contributed by atoms with van der Waals surface area (Å²) in [6.07, 6.45) is 6.34. The van der Waals surface area contributed by atoms with E-state index < -0.39 is 14.8 Å². The molecule has 0 bridgehead atoms. The van der Waals surface area contributed by atoms with Gasteiger partial charge in [0.15, 0.2) is 9.84 Å². The summed E-state index contributed by atoms with van der Waals surface area (Å²) < 4.78 is 25.7. The largest absolute Gasteiger partial charge is 0.364 e. The lowest BCUT2D eigenvalue weighted by Gasteiger charge is -2.34. The molecule has 9 heteroatoms. The highest BCUT2D eigenvalue weighted by molar-refractivity contribution is 7.90. The zero-order chi connectivity index (χ0) is 17.3. The number of nitro groups is 1. The molecule has 1 saturated heterocycles. The van der Waals surface area contributed by atoms with Gasteiger partial charge in [-0.1, -0.05) is 6.07 Å². The number of benzene rings is 1. The molecule has 2 aromatic rings. The van der Waals surface area contributed by atoms with Crippen molar-refractivity contribution in [3.63, 3.8) is 0 Å². The van der Waals surface area contributed by atoms with Crippen LogP contribution in [0.25, 0.3) is 0 Å². The first kappa shape index (κ1) is 16.4. The number of anilines is 1. The Labute approximate surface area is 139 Å². The van der Waals surface area contributed by atoms with E-state index >= 15 is 0 Å². The Morgan fingerprint density at radius 2 is 2.12 bits per heavy atom. The quantitative estimate of drug-likeness (QED) is 0.618. The second kappa shape index (κ2) is 6.23. The molecule has 0 N–H and O–H groups in total. The maximum Gasteiger partial charge on any atom is 0.311 e. The number of rotatable bonds is 4. The molecule has 0 amide bonds. The summed E-state index contributed by atoms with van der Waals surface area (Å²) in [6.45, 7) is 1.20. The minimum Gasteiger partial charge on any atom is -0.364 e. The Bertz CT molecular complexity index is 848. The standard InChI is InChI=1S/C15H18N4O4S/c1-24(22,23)14-7-2-6-13(15(14)19(20)21)17-9-3-5-12(11-17)18-10-4-8-16-18/h2,4,6-8,10,12H,3,5,9,11H2,1H3. The first-order valence-electron chi connectivity index (χ1n) is 7.59. The number of hydrogen-bond donors (Lipinski definition) is 0. The highest BCUT2D eigenvalue weighted by Gasteiger charge is 2.31. The van der Waals surface area contributed by atoms with Crippen LogP contribution in [0.2, 0.25) is 0 Å². The number of aromatic nitrogens is 2. The van der Waals surface area contributed by atoms with E-state index in [1.54, 1.807) is 18.3 Å². The summed E-state index contributed by atoms with van der Waals surface area (Å²) in [4.78, 5) is 12.6. The second-order valence-corrected chi connectivity index (χ2v) is 7.87. The third-order valence-electron chi connectivity index (χ3n) is 4.20. The van der Waals surface area contributed by atoms with Gasteiger partial charge < -0.3 is 4.90 Å². The van der Waals surface area contributed by atoms with Crippen molar-refractivity contribution < 1.29 is 13.3 Å². The van der Waals surface area contributed by atoms with Crippen molar-refractivity contribution in [3.8, 4) is 0 Å². The van der Waals surface area contributed by atoms with Crippen molar-refractivity contribution in [1.82, 2.24) is 9.78 Å². The fourth-order valence-electron chi connectivity index (χ4n) is 3.13. The zero-order valence-corrected chi connectivity index (χ0v) is 14.0. The summed E-state index contributed by atoms with van der Waals surface area (Å²) in [5.74, 6) is 0. The first-order chi connectivity index (χ1) is 11.4. The molecule has 3 rings (SSSR count). The van der Waals surface area contributed by atoms with Crippen molar-refractivity contribution >= 4 is 21.2 Å². The van der Waals surface area contributed by atoms with Crippen molar-refractivity contribution in [1.29, 1.82) is 0 Å². The third kappa shape index (κ3) is 3.12. The van der Waals surface area contributed by atoms with E-state index in [2.05, 4.69) is 5.10 Å². The maximum atomic E-state index is 11.9. The molecule has 1 aromatic carbocycles. The van der Waals surface area contributed by atoms with Gasteiger partial charge in [0.1, 0.15) is 10.6 Å². The molecule has 0 spiro atoms. The Morgan fingerprint density at radius 1 is 1.33 bits per heavy atom. The highest BCUT2D eigenvalue weighted by atomic mass is 32.2. The van der Waals surface area contributed by atoms with Crippen LogP contribution in [0.15, 0.2) is 41.6 Å². The summed E-state index contributed by atoms with van der Waals surface area (Å²) in [5, 5.41) is 15.8. The molecule has 1 aromatic heterocycles. The molecule has 1 unspecified atom stereocenters. The van der Waals surface area contributed by atoms with Crippen LogP contribution >= 0.6 is 0 Å². The van der Waals surface area contributed by atoms with Gasteiger partial charge in [0.2, 0.25) is 0 Å². The number of hydrogen-bond acceptors (Lipinski definition) is 6. The molecule has 128 valence electrons. The Kier molecular flexibility index (Phi) is 4.27. The van der Waals surface area contributed by atoms with Gasteiger partial charge in [0.25, 0.3) is 0 Å². The number of para-hydroxylation sites is 1. The van der Waals surface area contributed by atoms with E-state index in [0.717, 1.165) is 19.1 Å². The molecule has 1 aliphatic rings. The Morgan fingerprint density at radius 3 is 2.75 bits per heavy atom. The van der Waals surface area contributed by atoms with Gasteiger partial charge >= 0.3 is 5.69 Å². The number of nitrogens with zero attached hydrogens (tertiary/aromatic N) is 4. The lowest BCUT2D eigenvalue weighted by atomic mass is 10.0. The SMILES string of the molecule is CS(=O)(=O)c1cccc(N2CCCC(n3cccn3)C2)c1[N+](=O)[O-]. The van der Waals surface area contributed by atoms with Crippen molar-refractivity contribution in [2.45, 2.75) is 23.8 Å². The van der Waals surface area contributed by atoms with Gasteiger partial charge in [-0.3, -0.25) is 14.8 Å². The Hall–Kier alpha value is -2.42. The summed E-state index contributed by atoms with van der Waals surface area (Å²) in [7, 11) is -3.68. The van der Waals surface area contributed by atoms with Crippen LogP contribution in [0.3, 0.4) is 0 Å². The summed E-state index contributed by atoms with van der Waals surface area (Å²) >= 11 is 0. The molecule has 8 nitrogen and oxygen atoms in total. The molecule has 1 fully saturated rings. The smallest absolute Gasteiger partial charge is 0.311 e. The molecule has 1 aliphatic heterocycles. The number of piperidine rings is 1. The summed E-state index contributed by atoms with van der Waals surface area (Å²) in [6, 6.07) is 6.39. The normalized spacial score (nSPS) is 18.5. The number of nitro benzene ring substituents is 1. The maximum absolute atomic E-state index is 11.9. The minimum atomic E-state index is -3.68. The van der Waals surface area contributed by atoms with Crippen molar-refractivity contribution in [3.05, 3.63) is 46.8 Å². The predicted molar refractivity (Wildman–Crippen MR) is 88.9 cm³/mol. The van der Waals surface area contributed by atoms with Gasteiger partial charge in [0, 0.05) is 31.7 Å². The zero-order valence-electron chi connectivity index (χ0n) is 13.2. The monoisotopic (exact) mass is 350 g/mol. The third-order valence-corrected chi connectivity index (χ3v) is 5.32. The van der Waals surface area contributed by atoms with Gasteiger partial charge in [-0.2, -0.15) is 5.10 Å². The Balaban J connectivity index is 2.01. The second-order valence-electron chi connectivity index (χ2n) is 5.88. The number of sulfone groups is 1. The van der Waals surface area contributed by atoms with Crippen LogP contribution in [0, 0.1) is 10.1 Å². The van der Waals surface area contributed by atoms with Crippen molar-refractivity contribution in [2.75, 3.05) is 24.2 Å². The molecular formula is C15H18N4O4S. The van der Waals surface area contributed by atoms with Crippen LogP contribution in [-0.4, -0.2) is 42.5 Å². The highest BCUT2D eigenvalue weighted by Crippen LogP contribution is 2.37. The minimum absolute atomic E-state index is 0.107. The van der Waals surface area contributed by atoms with Crippen LogP contribution in [-0.2, 0) is 9.84 Å². The van der Waals surface area contributed by atoms with E-state index in [0.29, 0.717) is 18.8 Å². The van der Waals surface area contributed by atoms with Gasteiger partial charge in [0.05, 0.1) is 11.0 Å². The lowest BCUT2D eigenvalue weighted by Crippen LogP contribution is -2.37. The van der Waals surface area contributed by atoms with Crippen molar-refractivity contribution in [2.24, 2.45) is 0 Å². The van der Waals surface area contributed by atoms with Crippen LogP contribution < -0.4 is 4.90 Å². The van der Waals surface area contributed by atoms with E-state index in [9.17, 15) is 18.5 Å². The lowest BCUT2D eigenvalue weighted by molar-refractivity contribution is -0.387. The fourth-order valence-corrected chi connectivity index (χ4v) is 3.99. The van der Waals surface area contributed by atoms with E-state index in [4.69, 9.17) is 0 Å². The predicted octanol–water partition coefficient (Wildman–Crippen LogP) is 2.04. The molecule has 0 radical (unpaired) electrons. The van der Waals surface area contributed by atoms with Crippen LogP contribution in [0.5, 0.6) is 0 Å². The molecular weight excluding hydrogens is 332 g/mol. The summed E-state index contributed by atoms with van der Waals surface area (Å²) in [5.41, 5.74) is 0.000830. The fraction of sp³-hybridized carbons (Fsp3) is 0.400. The van der Waals surface area contributed by atoms with Gasteiger partial charge in [-0.05, 0) is 31.0 Å². The van der Waals surface area contributed by atoms with E-state index in [1.807, 2.05) is 21.8 Å². The van der Waals surface area contributed by atoms with E-state index in [-0.39, 0.29) is 16.6 Å². The molecule has 2 heterocycles. The first-order valence-corrected chi connectivity index (χ1v) is 9.48. The van der Waals surface area contributed by atoms with Crippen LogP contribution in [0.4, 0.5) is 11.4 Å². The molecule has 1 atom stereocenters. The molecule has 0 aliphatic carbocycles. The molecule has 24 heavy (non-hydrogen) atoms. The molecule has 0 saturated carbocycles. The van der Waals surface area contributed by atoms with E-state index in [1.165, 1.54) is 6.07 Å². The van der Waals surface area contributed by atoms with Gasteiger partial charge in [-0.15, -0.1) is 0 Å². The average molecular weight is 350 g/mol. The van der Waals surface area contributed by atoms with Gasteiger partial charge in [-0.25, -0.2) is 8.42 Å². The topological polar surface area (TPSA) is 98.3 Å².